The van der Waals surface area contributed by atoms with E-state index in [-0.39, 0.29) is 0 Å². The molecular weight excluding hydrogens is 334 g/mol. The molecule has 4 heteroatoms. The van der Waals surface area contributed by atoms with Gasteiger partial charge in [-0.1, -0.05) is 62.3 Å². The standard InChI is InChI=1S/C21H32ClNO2/c22-20-13-7-8-14-21(20)25-16-19(24)15-23(17-9-3-1-4-10-17)18-11-5-2-6-12-18/h7-8,13-14,17-19,24H,1-6,9-12,15-16H2/t19-/m0/s1. The summed E-state index contributed by atoms with van der Waals surface area (Å²) >= 11 is 6.14. The number of para-hydroxylation sites is 1. The Kier molecular flexibility index (Phi) is 7.45. The molecule has 0 heterocycles. The number of nitrogens with zero attached hydrogens (tertiary/aromatic N) is 1. The molecular formula is C21H32ClNO2. The van der Waals surface area contributed by atoms with E-state index in [9.17, 15) is 5.11 Å². The van der Waals surface area contributed by atoms with E-state index in [2.05, 4.69) is 4.90 Å². The van der Waals surface area contributed by atoms with E-state index in [0.29, 0.717) is 29.5 Å². The second kappa shape index (κ2) is 9.80. The molecule has 0 bridgehead atoms. The highest BCUT2D eigenvalue weighted by Gasteiger charge is 2.30. The van der Waals surface area contributed by atoms with Gasteiger partial charge in [0.1, 0.15) is 18.5 Å². The van der Waals surface area contributed by atoms with Crippen LogP contribution in [0.25, 0.3) is 0 Å². The van der Waals surface area contributed by atoms with Crippen LogP contribution in [-0.2, 0) is 0 Å². The molecule has 2 fully saturated rings. The van der Waals surface area contributed by atoms with Gasteiger partial charge in [0.25, 0.3) is 0 Å². The first kappa shape index (κ1) is 19.0. The minimum atomic E-state index is -0.472. The van der Waals surface area contributed by atoms with Crippen molar-refractivity contribution in [2.24, 2.45) is 0 Å². The van der Waals surface area contributed by atoms with Gasteiger partial charge in [-0.05, 0) is 37.8 Å². The molecule has 0 aliphatic heterocycles. The molecule has 0 amide bonds. The summed E-state index contributed by atoms with van der Waals surface area (Å²) in [5, 5.41) is 11.2. The molecule has 0 radical (unpaired) electrons. The van der Waals surface area contributed by atoms with Crippen molar-refractivity contribution in [3.63, 3.8) is 0 Å². The van der Waals surface area contributed by atoms with Crippen LogP contribution in [-0.4, -0.2) is 41.3 Å². The van der Waals surface area contributed by atoms with Crippen molar-refractivity contribution < 1.29 is 9.84 Å². The van der Waals surface area contributed by atoms with Gasteiger partial charge in [-0.2, -0.15) is 0 Å². The second-order valence-electron chi connectivity index (χ2n) is 7.68. The third kappa shape index (κ3) is 5.60. The van der Waals surface area contributed by atoms with E-state index >= 15 is 0 Å². The van der Waals surface area contributed by atoms with Gasteiger partial charge in [0.2, 0.25) is 0 Å². The van der Waals surface area contributed by atoms with E-state index in [0.717, 1.165) is 6.54 Å². The molecule has 2 aliphatic carbocycles. The second-order valence-corrected chi connectivity index (χ2v) is 8.08. The van der Waals surface area contributed by atoms with E-state index in [1.165, 1.54) is 64.2 Å². The average molecular weight is 366 g/mol. The zero-order valence-electron chi connectivity index (χ0n) is 15.2. The lowest BCUT2D eigenvalue weighted by molar-refractivity contribution is 0.0118. The van der Waals surface area contributed by atoms with Crippen molar-refractivity contribution in [2.45, 2.75) is 82.4 Å². The van der Waals surface area contributed by atoms with Crippen molar-refractivity contribution in [1.29, 1.82) is 0 Å². The number of halogens is 1. The predicted octanol–water partition coefficient (Wildman–Crippen LogP) is 5.05. The molecule has 0 aromatic heterocycles. The third-order valence-electron chi connectivity index (χ3n) is 5.78. The molecule has 0 unspecified atom stereocenters. The maximum absolute atomic E-state index is 10.6. The van der Waals surface area contributed by atoms with Crippen molar-refractivity contribution in [1.82, 2.24) is 4.90 Å². The van der Waals surface area contributed by atoms with Crippen LogP contribution in [0.2, 0.25) is 5.02 Å². The topological polar surface area (TPSA) is 32.7 Å². The molecule has 3 nitrogen and oxygen atoms in total. The van der Waals surface area contributed by atoms with Gasteiger partial charge < -0.3 is 9.84 Å². The first-order chi connectivity index (χ1) is 12.2. The quantitative estimate of drug-likeness (QED) is 0.734. The Morgan fingerprint density at radius 3 is 2.08 bits per heavy atom. The Hall–Kier alpha value is -0.770. The Morgan fingerprint density at radius 1 is 0.960 bits per heavy atom. The van der Waals surface area contributed by atoms with Gasteiger partial charge in [-0.3, -0.25) is 4.90 Å². The highest BCUT2D eigenvalue weighted by atomic mass is 35.5. The third-order valence-corrected chi connectivity index (χ3v) is 6.09. The normalized spacial score (nSPS) is 21.4. The van der Waals surface area contributed by atoms with E-state index in [1.54, 1.807) is 0 Å². The lowest BCUT2D eigenvalue weighted by atomic mass is 9.88. The van der Waals surface area contributed by atoms with Crippen LogP contribution in [0, 0.1) is 0 Å². The van der Waals surface area contributed by atoms with Gasteiger partial charge in [-0.25, -0.2) is 0 Å². The van der Waals surface area contributed by atoms with E-state index in [4.69, 9.17) is 16.3 Å². The maximum atomic E-state index is 10.6. The Morgan fingerprint density at radius 2 is 1.52 bits per heavy atom. The zero-order chi connectivity index (χ0) is 17.5. The molecule has 140 valence electrons. The molecule has 1 N–H and O–H groups in total. The summed E-state index contributed by atoms with van der Waals surface area (Å²) in [6.07, 6.45) is 12.7. The highest BCUT2D eigenvalue weighted by molar-refractivity contribution is 6.32. The summed E-state index contributed by atoms with van der Waals surface area (Å²) in [7, 11) is 0. The summed E-state index contributed by atoms with van der Waals surface area (Å²) in [5.74, 6) is 0.657. The lowest BCUT2D eigenvalue weighted by Gasteiger charge is -2.42. The fourth-order valence-electron chi connectivity index (χ4n) is 4.47. The fraction of sp³-hybridized carbons (Fsp3) is 0.714. The Bertz CT molecular complexity index is 494. The summed E-state index contributed by atoms with van der Waals surface area (Å²) < 4.78 is 5.77. The number of aliphatic hydroxyl groups is 1. The predicted molar refractivity (Wildman–Crippen MR) is 103 cm³/mol. The van der Waals surface area contributed by atoms with Crippen LogP contribution in [0.15, 0.2) is 24.3 Å². The largest absolute Gasteiger partial charge is 0.489 e. The smallest absolute Gasteiger partial charge is 0.138 e. The molecule has 1 atom stereocenters. The number of rotatable bonds is 7. The number of hydrogen-bond donors (Lipinski definition) is 1. The van der Waals surface area contributed by atoms with Crippen LogP contribution < -0.4 is 4.74 Å². The van der Waals surface area contributed by atoms with E-state index in [1.807, 2.05) is 24.3 Å². The Labute approximate surface area is 157 Å². The van der Waals surface area contributed by atoms with Crippen molar-refractivity contribution in [3.8, 4) is 5.75 Å². The Balaban J connectivity index is 1.57. The van der Waals surface area contributed by atoms with Gasteiger partial charge in [0.05, 0.1) is 5.02 Å². The van der Waals surface area contributed by atoms with Crippen molar-refractivity contribution in [3.05, 3.63) is 29.3 Å². The molecule has 25 heavy (non-hydrogen) atoms. The highest BCUT2D eigenvalue weighted by Crippen LogP contribution is 2.30. The summed E-state index contributed by atoms with van der Waals surface area (Å²) in [5.41, 5.74) is 0. The van der Waals surface area contributed by atoms with Gasteiger partial charge in [-0.15, -0.1) is 0 Å². The van der Waals surface area contributed by atoms with E-state index < -0.39 is 6.10 Å². The molecule has 2 saturated carbocycles. The SMILES string of the molecule is O[C@H](COc1ccccc1Cl)CN(C1CCCCC1)C1CCCCC1. The van der Waals surface area contributed by atoms with Crippen molar-refractivity contribution >= 4 is 11.6 Å². The minimum Gasteiger partial charge on any atom is -0.489 e. The molecule has 2 aliphatic rings. The summed E-state index contributed by atoms with van der Waals surface area (Å²) in [4.78, 5) is 2.62. The summed E-state index contributed by atoms with van der Waals surface area (Å²) in [6, 6.07) is 8.76. The average Bonchev–Trinajstić information content (AvgIpc) is 2.67. The molecule has 1 aromatic rings. The molecule has 1 aromatic carbocycles. The maximum Gasteiger partial charge on any atom is 0.138 e. The first-order valence-corrected chi connectivity index (χ1v) is 10.4. The van der Waals surface area contributed by atoms with Crippen LogP contribution in [0.1, 0.15) is 64.2 Å². The fourth-order valence-corrected chi connectivity index (χ4v) is 4.66. The van der Waals surface area contributed by atoms with Crippen molar-refractivity contribution in [2.75, 3.05) is 13.2 Å². The number of hydrogen-bond acceptors (Lipinski definition) is 3. The van der Waals surface area contributed by atoms with Gasteiger partial charge in [0.15, 0.2) is 0 Å². The number of ether oxygens (including phenoxy) is 1. The van der Waals surface area contributed by atoms with Gasteiger partial charge >= 0.3 is 0 Å². The van der Waals surface area contributed by atoms with Crippen LogP contribution in [0.3, 0.4) is 0 Å². The van der Waals surface area contributed by atoms with Gasteiger partial charge in [0, 0.05) is 18.6 Å². The lowest BCUT2D eigenvalue weighted by Crippen LogP contribution is -2.49. The molecule has 3 rings (SSSR count). The zero-order valence-corrected chi connectivity index (χ0v) is 16.0. The number of aliphatic hydroxyl groups excluding tert-OH is 1. The summed E-state index contributed by atoms with van der Waals surface area (Å²) in [6.45, 7) is 1.03. The first-order valence-electron chi connectivity index (χ1n) is 10.0. The molecule has 0 saturated heterocycles. The van der Waals surface area contributed by atoms with Crippen LogP contribution in [0.5, 0.6) is 5.75 Å². The van der Waals surface area contributed by atoms with Crippen LogP contribution in [0.4, 0.5) is 0 Å². The number of benzene rings is 1. The molecule has 0 spiro atoms. The van der Waals surface area contributed by atoms with Crippen LogP contribution >= 0.6 is 11.6 Å². The monoisotopic (exact) mass is 365 g/mol. The minimum absolute atomic E-state index is 0.305.